The van der Waals surface area contributed by atoms with Crippen LogP contribution in [0.25, 0.3) is 11.1 Å². The van der Waals surface area contributed by atoms with Gasteiger partial charge in [-0.25, -0.2) is 4.79 Å². The molecule has 0 heterocycles. The molecule has 144 valence electrons. The molecule has 0 unspecified atom stereocenters. The van der Waals surface area contributed by atoms with Crippen LogP contribution in [0, 0.1) is 11.3 Å². The van der Waals surface area contributed by atoms with E-state index in [0.717, 1.165) is 30.4 Å². The zero-order valence-electron chi connectivity index (χ0n) is 16.5. The highest BCUT2D eigenvalue weighted by Gasteiger charge is 2.13. The van der Waals surface area contributed by atoms with Crippen LogP contribution in [-0.4, -0.2) is 5.97 Å². The highest BCUT2D eigenvalue weighted by molar-refractivity contribution is 5.92. The molecule has 0 radical (unpaired) electrons. The van der Waals surface area contributed by atoms with E-state index in [0.29, 0.717) is 16.9 Å². The number of nitriles is 1. The third-order valence-electron chi connectivity index (χ3n) is 4.87. The van der Waals surface area contributed by atoms with Crippen LogP contribution in [0.15, 0.2) is 84.9 Å². The number of aryl methyl sites for hydroxylation is 1. The topological polar surface area (TPSA) is 50.1 Å². The molecule has 3 heteroatoms. The molecule has 0 atom stereocenters. The van der Waals surface area contributed by atoms with Crippen LogP contribution in [0.2, 0.25) is 0 Å². The average molecular weight is 381 g/mol. The van der Waals surface area contributed by atoms with Crippen LogP contribution < -0.4 is 4.74 Å². The minimum absolute atomic E-state index is 0.393. The van der Waals surface area contributed by atoms with Gasteiger partial charge in [0, 0.05) is 5.56 Å². The van der Waals surface area contributed by atoms with Crippen molar-refractivity contribution in [1.82, 2.24) is 0 Å². The van der Waals surface area contributed by atoms with E-state index in [-0.39, 0.29) is 0 Å². The fourth-order valence-corrected chi connectivity index (χ4v) is 2.98. The molecule has 0 spiro atoms. The van der Waals surface area contributed by atoms with E-state index in [1.54, 1.807) is 30.3 Å². The predicted octanol–water partition coefficient (Wildman–Crippen LogP) is 6.34. The van der Waals surface area contributed by atoms with E-state index in [2.05, 4.69) is 19.6 Å². The summed E-state index contributed by atoms with van der Waals surface area (Å²) in [6.07, 6.45) is 2.87. The lowest BCUT2D eigenvalue weighted by molar-refractivity contribution is 0.0735. The predicted molar refractivity (Wildman–Crippen MR) is 116 cm³/mol. The van der Waals surface area contributed by atoms with Crippen molar-refractivity contribution in [3.05, 3.63) is 102 Å². The van der Waals surface area contributed by atoms with E-state index in [9.17, 15) is 4.79 Å². The number of nitrogens with zero attached hydrogens (tertiary/aromatic N) is 1. The normalized spacial score (nSPS) is 10.2. The van der Waals surface area contributed by atoms with Gasteiger partial charge in [-0.2, -0.15) is 5.26 Å². The SMILES string of the molecule is C=C(CC)CCc1ccc(C(=O)Oc2ccccc2-c2ccc(C#N)cc2)cc1. The van der Waals surface area contributed by atoms with Crippen LogP contribution in [0.5, 0.6) is 5.75 Å². The highest BCUT2D eigenvalue weighted by Crippen LogP contribution is 2.30. The Morgan fingerprint density at radius 2 is 1.69 bits per heavy atom. The van der Waals surface area contributed by atoms with Crippen molar-refractivity contribution in [1.29, 1.82) is 5.26 Å². The lowest BCUT2D eigenvalue weighted by Gasteiger charge is -2.11. The zero-order chi connectivity index (χ0) is 20.6. The molecule has 0 aromatic heterocycles. The van der Waals surface area contributed by atoms with Gasteiger partial charge in [-0.15, -0.1) is 0 Å². The second kappa shape index (κ2) is 9.52. The van der Waals surface area contributed by atoms with Crippen molar-refractivity contribution in [2.24, 2.45) is 0 Å². The van der Waals surface area contributed by atoms with Gasteiger partial charge in [0.1, 0.15) is 5.75 Å². The number of hydrogen-bond donors (Lipinski definition) is 0. The number of carbonyl (C=O) groups excluding carboxylic acids is 1. The second-order valence-corrected chi connectivity index (χ2v) is 6.88. The van der Waals surface area contributed by atoms with Crippen molar-refractivity contribution < 1.29 is 9.53 Å². The molecule has 0 aliphatic heterocycles. The zero-order valence-corrected chi connectivity index (χ0v) is 16.5. The van der Waals surface area contributed by atoms with Crippen LogP contribution in [-0.2, 0) is 6.42 Å². The Morgan fingerprint density at radius 3 is 2.34 bits per heavy atom. The van der Waals surface area contributed by atoms with Gasteiger partial charge in [-0.1, -0.05) is 61.5 Å². The summed E-state index contributed by atoms with van der Waals surface area (Å²) < 4.78 is 5.68. The number of carbonyl (C=O) groups is 1. The summed E-state index contributed by atoms with van der Waals surface area (Å²) in [6.45, 7) is 6.14. The van der Waals surface area contributed by atoms with Gasteiger partial charge >= 0.3 is 5.97 Å². The highest BCUT2D eigenvalue weighted by atomic mass is 16.5. The third kappa shape index (κ3) is 5.21. The number of rotatable bonds is 7. The number of esters is 1. The van der Waals surface area contributed by atoms with Gasteiger partial charge in [0.25, 0.3) is 0 Å². The molecule has 0 bridgehead atoms. The van der Waals surface area contributed by atoms with Crippen molar-refractivity contribution >= 4 is 5.97 Å². The first-order valence-electron chi connectivity index (χ1n) is 9.68. The molecule has 3 aromatic carbocycles. The summed E-state index contributed by atoms with van der Waals surface area (Å²) in [6, 6.07) is 24.2. The smallest absolute Gasteiger partial charge is 0.343 e. The summed E-state index contributed by atoms with van der Waals surface area (Å²) in [4.78, 5) is 12.6. The average Bonchev–Trinajstić information content (AvgIpc) is 2.78. The number of ether oxygens (including phenoxy) is 1. The van der Waals surface area contributed by atoms with Crippen molar-refractivity contribution in [2.45, 2.75) is 26.2 Å². The maximum Gasteiger partial charge on any atom is 0.343 e. The Bertz CT molecular complexity index is 1040. The van der Waals surface area contributed by atoms with E-state index in [1.165, 1.54) is 11.1 Å². The molecular formula is C26H23NO2. The van der Waals surface area contributed by atoms with Gasteiger partial charge in [0.05, 0.1) is 17.2 Å². The molecule has 0 aliphatic carbocycles. The summed E-state index contributed by atoms with van der Waals surface area (Å²) in [5, 5.41) is 8.97. The first kappa shape index (κ1) is 20.1. The fraction of sp³-hybridized carbons (Fsp3) is 0.154. The lowest BCUT2D eigenvalue weighted by Crippen LogP contribution is -2.09. The van der Waals surface area contributed by atoms with E-state index < -0.39 is 5.97 Å². The molecule has 0 fully saturated rings. The van der Waals surface area contributed by atoms with Gasteiger partial charge in [0.15, 0.2) is 0 Å². The van der Waals surface area contributed by atoms with Crippen LogP contribution in [0.4, 0.5) is 0 Å². The van der Waals surface area contributed by atoms with Crippen molar-refractivity contribution in [3.8, 4) is 22.9 Å². The first-order valence-corrected chi connectivity index (χ1v) is 9.68. The largest absolute Gasteiger partial charge is 0.422 e. The molecular weight excluding hydrogens is 358 g/mol. The molecule has 3 nitrogen and oxygen atoms in total. The molecule has 0 saturated heterocycles. The van der Waals surface area contributed by atoms with Crippen molar-refractivity contribution in [3.63, 3.8) is 0 Å². The Balaban J connectivity index is 1.74. The summed E-state index contributed by atoms with van der Waals surface area (Å²) in [5.41, 5.74) is 5.20. The summed E-state index contributed by atoms with van der Waals surface area (Å²) in [7, 11) is 0. The van der Waals surface area contributed by atoms with E-state index in [4.69, 9.17) is 10.00 Å². The van der Waals surface area contributed by atoms with Crippen molar-refractivity contribution in [2.75, 3.05) is 0 Å². The van der Waals surface area contributed by atoms with Gasteiger partial charge in [0.2, 0.25) is 0 Å². The number of para-hydroxylation sites is 1. The van der Waals surface area contributed by atoms with Crippen LogP contribution in [0.1, 0.15) is 41.3 Å². The fourth-order valence-electron chi connectivity index (χ4n) is 2.98. The number of allylic oxidation sites excluding steroid dienone is 1. The maximum atomic E-state index is 12.6. The third-order valence-corrected chi connectivity index (χ3v) is 4.87. The quantitative estimate of drug-likeness (QED) is 0.272. The van der Waals surface area contributed by atoms with Crippen LogP contribution in [0.3, 0.4) is 0 Å². The first-order chi connectivity index (χ1) is 14.1. The molecule has 3 aromatic rings. The monoisotopic (exact) mass is 381 g/mol. The standard InChI is InChI=1S/C26H23NO2/c1-3-19(2)8-9-20-10-16-23(17-11-20)26(28)29-25-7-5-4-6-24(25)22-14-12-21(18-27)13-15-22/h4-7,10-17H,2-3,8-9H2,1H3. The second-order valence-electron chi connectivity index (χ2n) is 6.88. The van der Waals surface area contributed by atoms with E-state index in [1.807, 2.05) is 42.5 Å². The molecule has 0 saturated carbocycles. The Morgan fingerprint density at radius 1 is 1.00 bits per heavy atom. The Kier molecular flexibility index (Phi) is 6.60. The van der Waals surface area contributed by atoms with Gasteiger partial charge in [-0.05, 0) is 60.7 Å². The van der Waals surface area contributed by atoms with Crippen LogP contribution >= 0.6 is 0 Å². The van der Waals surface area contributed by atoms with Gasteiger partial charge < -0.3 is 4.74 Å². The number of benzene rings is 3. The minimum atomic E-state index is -0.393. The molecule has 3 rings (SSSR count). The summed E-state index contributed by atoms with van der Waals surface area (Å²) in [5.74, 6) is 0.0983. The maximum absolute atomic E-state index is 12.6. The van der Waals surface area contributed by atoms with E-state index >= 15 is 0 Å². The minimum Gasteiger partial charge on any atom is -0.422 e. The van der Waals surface area contributed by atoms with Gasteiger partial charge in [-0.3, -0.25) is 0 Å². The Labute approximate surface area is 171 Å². The Hall–Kier alpha value is -3.64. The number of hydrogen-bond acceptors (Lipinski definition) is 3. The molecule has 0 N–H and O–H groups in total. The lowest BCUT2D eigenvalue weighted by atomic mass is 10.0. The summed E-state index contributed by atoms with van der Waals surface area (Å²) >= 11 is 0. The molecule has 0 amide bonds. The molecule has 29 heavy (non-hydrogen) atoms. The molecule has 0 aliphatic rings.